The third-order valence-corrected chi connectivity index (χ3v) is 1.96. The van der Waals surface area contributed by atoms with Gasteiger partial charge in [0.25, 0.3) is 0 Å². The van der Waals surface area contributed by atoms with Gasteiger partial charge in [-0.25, -0.2) is 0 Å². The summed E-state index contributed by atoms with van der Waals surface area (Å²) < 4.78 is 5.04. The van der Waals surface area contributed by atoms with Gasteiger partial charge in [-0.2, -0.15) is 5.26 Å². The Morgan fingerprint density at radius 2 is 2.56 bits per heavy atom. The van der Waals surface area contributed by atoms with E-state index in [4.69, 9.17) is 21.6 Å². The highest BCUT2D eigenvalue weighted by molar-refractivity contribution is 6.22. The molecule has 2 atom stereocenters. The lowest BCUT2D eigenvalue weighted by Crippen LogP contribution is -2.11. The lowest BCUT2D eigenvalue weighted by molar-refractivity contribution is 0.187. The first-order valence-electron chi connectivity index (χ1n) is 2.96. The fraction of sp³-hybridized carbons (Fsp3) is 0.833. The molecule has 0 aromatic heterocycles. The molecule has 1 heterocycles. The van der Waals surface area contributed by atoms with Gasteiger partial charge in [-0.05, 0) is 6.42 Å². The van der Waals surface area contributed by atoms with Gasteiger partial charge in [-0.1, -0.05) is 0 Å². The summed E-state index contributed by atoms with van der Waals surface area (Å²) in [5.41, 5.74) is 0. The number of rotatable bonds is 1. The molecule has 0 spiro atoms. The van der Waals surface area contributed by atoms with E-state index in [1.165, 1.54) is 0 Å². The van der Waals surface area contributed by atoms with Crippen LogP contribution in [0.25, 0.3) is 0 Å². The van der Waals surface area contributed by atoms with Crippen LogP contribution in [0.2, 0.25) is 0 Å². The molecule has 0 amide bonds. The van der Waals surface area contributed by atoms with Crippen LogP contribution in [-0.4, -0.2) is 18.6 Å². The monoisotopic (exact) mass is 145 g/mol. The zero-order valence-electron chi connectivity index (χ0n) is 5.01. The van der Waals surface area contributed by atoms with E-state index in [1.807, 2.05) is 6.07 Å². The molecule has 0 N–H and O–H groups in total. The van der Waals surface area contributed by atoms with Crippen molar-refractivity contribution in [2.45, 2.75) is 11.8 Å². The summed E-state index contributed by atoms with van der Waals surface area (Å²) in [6.45, 7) is 1.41. The molecule has 1 aliphatic heterocycles. The number of nitrogens with zero attached hydrogens (tertiary/aromatic N) is 1. The molecule has 2 unspecified atom stereocenters. The van der Waals surface area contributed by atoms with E-state index in [0.717, 1.165) is 13.0 Å². The van der Waals surface area contributed by atoms with Crippen LogP contribution < -0.4 is 0 Å². The predicted octanol–water partition coefficient (Wildman–Crippen LogP) is 1.15. The van der Waals surface area contributed by atoms with E-state index in [1.54, 1.807) is 0 Å². The smallest absolute Gasteiger partial charge is 0.125 e. The molecule has 1 aliphatic rings. The van der Waals surface area contributed by atoms with Gasteiger partial charge in [-0.15, -0.1) is 11.6 Å². The second-order valence-electron chi connectivity index (χ2n) is 2.15. The predicted molar refractivity (Wildman–Crippen MR) is 34.2 cm³/mol. The Morgan fingerprint density at radius 1 is 1.78 bits per heavy atom. The summed E-state index contributed by atoms with van der Waals surface area (Å²) in [6.07, 6.45) is 0.932. The first kappa shape index (κ1) is 6.85. The van der Waals surface area contributed by atoms with Crippen molar-refractivity contribution in [3.05, 3.63) is 0 Å². The molecule has 1 saturated heterocycles. The van der Waals surface area contributed by atoms with Gasteiger partial charge in [0, 0.05) is 12.5 Å². The van der Waals surface area contributed by atoms with Gasteiger partial charge in [0.05, 0.1) is 12.7 Å². The van der Waals surface area contributed by atoms with Gasteiger partial charge < -0.3 is 4.74 Å². The summed E-state index contributed by atoms with van der Waals surface area (Å²) in [4.78, 5) is 0. The quantitative estimate of drug-likeness (QED) is 0.519. The summed E-state index contributed by atoms with van der Waals surface area (Å²) in [7, 11) is 0. The Balaban J connectivity index is 2.34. The van der Waals surface area contributed by atoms with E-state index < -0.39 is 0 Å². The second-order valence-corrected chi connectivity index (χ2v) is 2.62. The Bertz CT molecular complexity index is 126. The van der Waals surface area contributed by atoms with Crippen LogP contribution in [0, 0.1) is 17.2 Å². The number of ether oxygens (including phenoxy) is 1. The maximum absolute atomic E-state index is 8.36. The number of halogens is 1. The fourth-order valence-corrected chi connectivity index (χ4v) is 1.09. The fourth-order valence-electron chi connectivity index (χ4n) is 0.889. The molecule has 0 aromatic rings. The number of nitriles is 1. The van der Waals surface area contributed by atoms with Crippen LogP contribution in [0.3, 0.4) is 0 Å². The normalized spacial score (nSPS) is 29.6. The molecular weight excluding hydrogens is 138 g/mol. The Kier molecular flexibility index (Phi) is 2.32. The largest absolute Gasteiger partial charge is 0.381 e. The maximum Gasteiger partial charge on any atom is 0.125 e. The molecule has 0 bridgehead atoms. The van der Waals surface area contributed by atoms with Gasteiger partial charge in [0.2, 0.25) is 0 Å². The van der Waals surface area contributed by atoms with Crippen LogP contribution in [0.1, 0.15) is 6.42 Å². The first-order valence-corrected chi connectivity index (χ1v) is 3.39. The van der Waals surface area contributed by atoms with Crippen molar-refractivity contribution in [1.82, 2.24) is 0 Å². The van der Waals surface area contributed by atoms with Crippen molar-refractivity contribution in [3.8, 4) is 6.07 Å². The van der Waals surface area contributed by atoms with Crippen LogP contribution >= 0.6 is 11.6 Å². The Labute approximate surface area is 59.4 Å². The van der Waals surface area contributed by atoms with Gasteiger partial charge in [0.1, 0.15) is 5.38 Å². The molecule has 50 valence electrons. The summed E-state index contributed by atoms with van der Waals surface area (Å²) >= 11 is 5.63. The Hall–Kier alpha value is -0.260. The van der Waals surface area contributed by atoms with Crippen molar-refractivity contribution in [1.29, 1.82) is 5.26 Å². The molecule has 0 aromatic carbocycles. The average Bonchev–Trinajstić information content (AvgIpc) is 2.37. The lowest BCUT2D eigenvalue weighted by atomic mass is 10.1. The van der Waals surface area contributed by atoms with Crippen molar-refractivity contribution in [2.24, 2.45) is 5.92 Å². The van der Waals surface area contributed by atoms with Crippen molar-refractivity contribution in [3.63, 3.8) is 0 Å². The third-order valence-electron chi connectivity index (χ3n) is 1.50. The van der Waals surface area contributed by atoms with Gasteiger partial charge in [0.15, 0.2) is 0 Å². The molecule has 0 radical (unpaired) electrons. The molecule has 1 fully saturated rings. The lowest BCUT2D eigenvalue weighted by Gasteiger charge is -2.04. The SMILES string of the molecule is N#CC(Cl)C1CCOC1. The molecule has 1 rings (SSSR count). The Morgan fingerprint density at radius 3 is 3.00 bits per heavy atom. The highest BCUT2D eigenvalue weighted by Crippen LogP contribution is 2.19. The first-order chi connectivity index (χ1) is 4.34. The number of hydrogen-bond acceptors (Lipinski definition) is 2. The van der Waals surface area contributed by atoms with Gasteiger partial charge in [-0.3, -0.25) is 0 Å². The van der Waals surface area contributed by atoms with Gasteiger partial charge >= 0.3 is 0 Å². The van der Waals surface area contributed by atoms with Crippen LogP contribution in [-0.2, 0) is 4.74 Å². The minimum atomic E-state index is -0.354. The molecular formula is C6H8ClNO. The number of alkyl halides is 1. The van der Waals surface area contributed by atoms with E-state index in [-0.39, 0.29) is 11.3 Å². The standard InChI is InChI=1S/C6H8ClNO/c7-6(3-8)5-1-2-9-4-5/h5-6H,1-2,4H2. The molecule has 0 saturated carbocycles. The minimum Gasteiger partial charge on any atom is -0.381 e. The average molecular weight is 146 g/mol. The zero-order valence-corrected chi connectivity index (χ0v) is 5.77. The van der Waals surface area contributed by atoms with Crippen LogP contribution in [0.4, 0.5) is 0 Å². The highest BCUT2D eigenvalue weighted by atomic mass is 35.5. The van der Waals surface area contributed by atoms with Crippen LogP contribution in [0.15, 0.2) is 0 Å². The summed E-state index contributed by atoms with van der Waals surface area (Å²) in [5, 5.41) is 8.00. The van der Waals surface area contributed by atoms with E-state index in [9.17, 15) is 0 Å². The summed E-state index contributed by atoms with van der Waals surface area (Å²) in [5.74, 6) is 0.261. The molecule has 2 nitrogen and oxygen atoms in total. The zero-order chi connectivity index (χ0) is 6.69. The minimum absolute atomic E-state index is 0.261. The highest BCUT2D eigenvalue weighted by Gasteiger charge is 2.23. The molecule has 3 heteroatoms. The summed E-state index contributed by atoms with van der Waals surface area (Å²) in [6, 6.07) is 1.99. The topological polar surface area (TPSA) is 33.0 Å². The third kappa shape index (κ3) is 1.57. The number of hydrogen-bond donors (Lipinski definition) is 0. The molecule has 0 aliphatic carbocycles. The van der Waals surface area contributed by atoms with Crippen molar-refractivity contribution in [2.75, 3.05) is 13.2 Å². The van der Waals surface area contributed by atoms with E-state index in [2.05, 4.69) is 0 Å². The van der Waals surface area contributed by atoms with E-state index in [0.29, 0.717) is 6.61 Å². The van der Waals surface area contributed by atoms with Crippen molar-refractivity contribution >= 4 is 11.6 Å². The molecule has 9 heavy (non-hydrogen) atoms. The second kappa shape index (κ2) is 3.05. The van der Waals surface area contributed by atoms with E-state index >= 15 is 0 Å². The van der Waals surface area contributed by atoms with Crippen molar-refractivity contribution < 1.29 is 4.74 Å². The van der Waals surface area contributed by atoms with Crippen LogP contribution in [0.5, 0.6) is 0 Å². The maximum atomic E-state index is 8.36.